The molecule has 0 aromatic rings. The molecule has 0 bridgehead atoms. The molecule has 2 rings (SSSR count). The van der Waals surface area contributed by atoms with Gasteiger partial charge in [-0.3, -0.25) is 0 Å². The molecule has 1 atom stereocenters. The van der Waals surface area contributed by atoms with E-state index in [2.05, 4.69) is 5.32 Å². The Morgan fingerprint density at radius 2 is 1.95 bits per heavy atom. The van der Waals surface area contributed by atoms with Crippen LogP contribution in [0.1, 0.15) is 39.5 Å². The second-order valence-electron chi connectivity index (χ2n) is 6.23. The molecule has 0 amide bonds. The molecule has 0 aliphatic carbocycles. The fraction of sp³-hybridized carbons (Fsp3) is 1.00. The summed E-state index contributed by atoms with van der Waals surface area (Å²) in [6.45, 7) is 7.75. The molecule has 6 heteroatoms. The Morgan fingerprint density at radius 3 is 2.50 bits per heavy atom. The zero-order valence-corrected chi connectivity index (χ0v) is 13.5. The van der Waals surface area contributed by atoms with Crippen LogP contribution in [0.3, 0.4) is 0 Å². The molecule has 2 saturated heterocycles. The van der Waals surface area contributed by atoms with Crippen LogP contribution in [0.2, 0.25) is 0 Å². The van der Waals surface area contributed by atoms with Gasteiger partial charge in [0.2, 0.25) is 10.0 Å². The van der Waals surface area contributed by atoms with Gasteiger partial charge in [0.25, 0.3) is 0 Å². The molecule has 1 unspecified atom stereocenters. The fourth-order valence-electron chi connectivity index (χ4n) is 3.11. The molecule has 20 heavy (non-hydrogen) atoms. The topological polar surface area (TPSA) is 58.6 Å². The smallest absolute Gasteiger partial charge is 0.217 e. The van der Waals surface area contributed by atoms with E-state index in [0.717, 1.165) is 25.9 Å². The van der Waals surface area contributed by atoms with Gasteiger partial charge < -0.3 is 10.1 Å². The van der Waals surface area contributed by atoms with Gasteiger partial charge in [0.05, 0.1) is 5.25 Å². The van der Waals surface area contributed by atoms with E-state index in [1.54, 1.807) is 4.31 Å². The summed E-state index contributed by atoms with van der Waals surface area (Å²) in [5.41, 5.74) is 0. The van der Waals surface area contributed by atoms with E-state index < -0.39 is 10.0 Å². The fourth-order valence-corrected chi connectivity index (χ4v) is 5.29. The molecule has 0 radical (unpaired) electrons. The van der Waals surface area contributed by atoms with Gasteiger partial charge in [-0.15, -0.1) is 0 Å². The first-order valence-corrected chi connectivity index (χ1v) is 9.31. The normalized spacial score (nSPS) is 26.3. The van der Waals surface area contributed by atoms with Crippen LogP contribution in [0.5, 0.6) is 0 Å². The van der Waals surface area contributed by atoms with Gasteiger partial charge in [-0.25, -0.2) is 8.42 Å². The molecule has 0 aromatic carbocycles. The van der Waals surface area contributed by atoms with Crippen LogP contribution in [0, 0.1) is 5.92 Å². The summed E-state index contributed by atoms with van der Waals surface area (Å²) in [7, 11) is -3.20. The minimum absolute atomic E-state index is 0.0322. The number of piperidine rings is 1. The Bertz CT molecular complexity index is 385. The van der Waals surface area contributed by atoms with Crippen molar-refractivity contribution in [2.24, 2.45) is 5.92 Å². The number of rotatable bonds is 5. The monoisotopic (exact) mass is 304 g/mol. The molecule has 2 heterocycles. The maximum absolute atomic E-state index is 12.9. The molecule has 2 aliphatic rings. The van der Waals surface area contributed by atoms with E-state index in [1.807, 2.05) is 13.8 Å². The molecule has 0 spiro atoms. The minimum atomic E-state index is -3.20. The summed E-state index contributed by atoms with van der Waals surface area (Å²) in [6.07, 6.45) is 3.54. The second-order valence-corrected chi connectivity index (χ2v) is 8.40. The number of nitrogens with zero attached hydrogens (tertiary/aromatic N) is 1. The van der Waals surface area contributed by atoms with E-state index in [1.165, 1.54) is 0 Å². The van der Waals surface area contributed by atoms with Crippen LogP contribution in [-0.2, 0) is 14.8 Å². The Labute approximate surface area is 123 Å². The van der Waals surface area contributed by atoms with Crippen molar-refractivity contribution in [3.05, 3.63) is 0 Å². The van der Waals surface area contributed by atoms with Crippen LogP contribution < -0.4 is 5.32 Å². The highest BCUT2D eigenvalue weighted by atomic mass is 32.2. The van der Waals surface area contributed by atoms with E-state index >= 15 is 0 Å². The molecule has 1 N–H and O–H groups in total. The van der Waals surface area contributed by atoms with Crippen molar-refractivity contribution >= 4 is 10.0 Å². The highest BCUT2D eigenvalue weighted by Crippen LogP contribution is 2.24. The molecular weight excluding hydrogens is 276 g/mol. The van der Waals surface area contributed by atoms with Crippen LogP contribution in [0.25, 0.3) is 0 Å². The van der Waals surface area contributed by atoms with Gasteiger partial charge in [-0.1, -0.05) is 0 Å². The first kappa shape index (κ1) is 16.2. The molecule has 2 aliphatic heterocycles. The Kier molecular flexibility index (Phi) is 5.84. The van der Waals surface area contributed by atoms with Crippen molar-refractivity contribution in [1.82, 2.24) is 9.62 Å². The third-order valence-electron chi connectivity index (χ3n) is 4.33. The minimum Gasteiger partial charge on any atom is -0.381 e. The van der Waals surface area contributed by atoms with E-state index in [4.69, 9.17) is 4.74 Å². The molecule has 0 saturated carbocycles. The third kappa shape index (κ3) is 3.93. The number of hydrogen-bond acceptors (Lipinski definition) is 4. The predicted octanol–water partition coefficient (Wildman–Crippen LogP) is 1.21. The van der Waals surface area contributed by atoms with Gasteiger partial charge in [-0.2, -0.15) is 4.31 Å². The van der Waals surface area contributed by atoms with Crippen LogP contribution in [0.15, 0.2) is 0 Å². The van der Waals surface area contributed by atoms with E-state index in [0.29, 0.717) is 38.5 Å². The SMILES string of the molecule is CC(C)N(CC1CCCNC1)S(=O)(=O)C1CCOCC1. The average molecular weight is 304 g/mol. The second kappa shape index (κ2) is 7.20. The number of nitrogens with one attached hydrogen (secondary N) is 1. The van der Waals surface area contributed by atoms with Gasteiger partial charge in [0.1, 0.15) is 0 Å². The largest absolute Gasteiger partial charge is 0.381 e. The summed E-state index contributed by atoms with van der Waals surface area (Å²) in [5, 5.41) is 3.11. The van der Waals surface area contributed by atoms with Gasteiger partial charge in [0, 0.05) is 25.8 Å². The van der Waals surface area contributed by atoms with Crippen LogP contribution in [0.4, 0.5) is 0 Å². The van der Waals surface area contributed by atoms with Crippen molar-refractivity contribution in [2.45, 2.75) is 50.8 Å². The maximum Gasteiger partial charge on any atom is 0.217 e. The Hall–Kier alpha value is -0.170. The highest BCUT2D eigenvalue weighted by molar-refractivity contribution is 7.89. The summed E-state index contributed by atoms with van der Waals surface area (Å²) in [6, 6.07) is 0.0322. The standard InChI is InChI=1S/C14H28N2O3S/c1-12(2)16(11-13-4-3-7-15-10-13)20(17,18)14-5-8-19-9-6-14/h12-15H,3-11H2,1-2H3. The number of hydrogen-bond donors (Lipinski definition) is 1. The van der Waals surface area contributed by atoms with Crippen molar-refractivity contribution < 1.29 is 13.2 Å². The number of ether oxygens (including phenoxy) is 1. The van der Waals surface area contributed by atoms with E-state index in [9.17, 15) is 8.42 Å². The zero-order valence-electron chi connectivity index (χ0n) is 12.7. The first-order valence-electron chi connectivity index (χ1n) is 7.81. The lowest BCUT2D eigenvalue weighted by Crippen LogP contribution is -2.48. The highest BCUT2D eigenvalue weighted by Gasteiger charge is 2.36. The van der Waals surface area contributed by atoms with Crippen LogP contribution >= 0.6 is 0 Å². The number of sulfonamides is 1. The summed E-state index contributed by atoms with van der Waals surface area (Å²) >= 11 is 0. The lowest BCUT2D eigenvalue weighted by molar-refractivity contribution is 0.0966. The van der Waals surface area contributed by atoms with Gasteiger partial charge in [-0.05, 0) is 58.5 Å². The lowest BCUT2D eigenvalue weighted by Gasteiger charge is -2.35. The maximum atomic E-state index is 12.9. The molecule has 118 valence electrons. The van der Waals surface area contributed by atoms with E-state index in [-0.39, 0.29) is 11.3 Å². The third-order valence-corrected chi connectivity index (χ3v) is 6.87. The summed E-state index contributed by atoms with van der Waals surface area (Å²) in [5.74, 6) is 0.445. The summed E-state index contributed by atoms with van der Waals surface area (Å²) in [4.78, 5) is 0. The summed E-state index contributed by atoms with van der Waals surface area (Å²) < 4.78 is 32.7. The zero-order chi connectivity index (χ0) is 14.6. The van der Waals surface area contributed by atoms with Crippen molar-refractivity contribution in [3.8, 4) is 0 Å². The van der Waals surface area contributed by atoms with Crippen molar-refractivity contribution in [3.63, 3.8) is 0 Å². The quantitative estimate of drug-likeness (QED) is 0.829. The first-order chi connectivity index (χ1) is 9.51. The van der Waals surface area contributed by atoms with Crippen molar-refractivity contribution in [1.29, 1.82) is 0 Å². The Morgan fingerprint density at radius 1 is 1.25 bits per heavy atom. The predicted molar refractivity (Wildman–Crippen MR) is 80.2 cm³/mol. The van der Waals surface area contributed by atoms with Gasteiger partial charge in [0.15, 0.2) is 0 Å². The van der Waals surface area contributed by atoms with Crippen molar-refractivity contribution in [2.75, 3.05) is 32.8 Å². The average Bonchev–Trinajstić information content (AvgIpc) is 2.46. The van der Waals surface area contributed by atoms with Gasteiger partial charge >= 0.3 is 0 Å². The Balaban J connectivity index is 2.05. The molecule has 0 aromatic heterocycles. The lowest BCUT2D eigenvalue weighted by atomic mass is 9.99. The molecule has 5 nitrogen and oxygen atoms in total. The van der Waals surface area contributed by atoms with Crippen LogP contribution in [-0.4, -0.2) is 56.9 Å². The molecule has 2 fully saturated rings. The molecular formula is C14H28N2O3S.